The molecule has 2 aromatic rings. The summed E-state index contributed by atoms with van der Waals surface area (Å²) in [5, 5.41) is 20.1. The van der Waals surface area contributed by atoms with E-state index in [9.17, 15) is 15.0 Å². The van der Waals surface area contributed by atoms with Crippen LogP contribution < -0.4 is 0 Å². The van der Waals surface area contributed by atoms with Crippen molar-refractivity contribution in [3.63, 3.8) is 0 Å². The summed E-state index contributed by atoms with van der Waals surface area (Å²) < 4.78 is 0. The van der Waals surface area contributed by atoms with Crippen molar-refractivity contribution in [2.24, 2.45) is 0 Å². The Morgan fingerprint density at radius 1 is 0.963 bits per heavy atom. The summed E-state index contributed by atoms with van der Waals surface area (Å²) in [7, 11) is 0. The summed E-state index contributed by atoms with van der Waals surface area (Å²) in [6.07, 6.45) is 3.85. The van der Waals surface area contributed by atoms with Crippen LogP contribution in [-0.2, 0) is 11.2 Å². The summed E-state index contributed by atoms with van der Waals surface area (Å²) in [5.74, 6) is -1.02. The van der Waals surface area contributed by atoms with Gasteiger partial charge in [0.15, 0.2) is 0 Å². The third-order valence-electron chi connectivity index (χ3n) is 5.38. The van der Waals surface area contributed by atoms with Gasteiger partial charge < -0.3 is 15.1 Å². The van der Waals surface area contributed by atoms with Crippen molar-refractivity contribution in [1.29, 1.82) is 0 Å². The number of benzene rings is 2. The quantitative estimate of drug-likeness (QED) is 0.747. The number of nitrogens with zero attached hydrogens (tertiary/aromatic N) is 1. The molecule has 1 saturated heterocycles. The van der Waals surface area contributed by atoms with Gasteiger partial charge in [-0.2, -0.15) is 0 Å². The van der Waals surface area contributed by atoms with E-state index in [1.165, 1.54) is 19.3 Å². The Bertz CT molecular complexity index is 725. The Morgan fingerprint density at radius 3 is 2.33 bits per heavy atom. The average Bonchev–Trinajstić information content (AvgIpc) is 2.68. The van der Waals surface area contributed by atoms with Crippen LogP contribution in [0.15, 0.2) is 54.6 Å². The smallest absolute Gasteiger partial charge is 0.304 e. The van der Waals surface area contributed by atoms with Crippen molar-refractivity contribution in [1.82, 2.24) is 4.90 Å². The number of carbonyl (C=O) groups is 1. The van der Waals surface area contributed by atoms with Gasteiger partial charge in [-0.05, 0) is 49.0 Å². The number of aliphatic hydroxyl groups excluding tert-OH is 1. The lowest BCUT2D eigenvalue weighted by molar-refractivity contribution is -0.137. The molecule has 1 aliphatic heterocycles. The highest BCUT2D eigenvalue weighted by molar-refractivity contribution is 5.69. The van der Waals surface area contributed by atoms with Crippen molar-refractivity contribution in [3.05, 3.63) is 71.3 Å². The number of carboxylic acid groups (broad SMARTS) is 1. The first-order chi connectivity index (χ1) is 13.1. The molecule has 0 aromatic heterocycles. The molecule has 0 saturated carbocycles. The van der Waals surface area contributed by atoms with Crippen molar-refractivity contribution >= 4 is 5.97 Å². The van der Waals surface area contributed by atoms with E-state index in [2.05, 4.69) is 4.90 Å². The van der Waals surface area contributed by atoms with E-state index < -0.39 is 12.1 Å². The van der Waals surface area contributed by atoms with Gasteiger partial charge in [0.2, 0.25) is 0 Å². The lowest BCUT2D eigenvalue weighted by atomic mass is 9.84. The largest absolute Gasteiger partial charge is 0.481 e. The number of aliphatic hydroxyl groups is 1. The highest BCUT2D eigenvalue weighted by Crippen LogP contribution is 2.31. The van der Waals surface area contributed by atoms with Crippen molar-refractivity contribution in [3.8, 4) is 0 Å². The Kier molecular flexibility index (Phi) is 7.02. The minimum Gasteiger partial charge on any atom is -0.481 e. The molecule has 0 amide bonds. The maximum atomic E-state index is 11.5. The van der Waals surface area contributed by atoms with Gasteiger partial charge in [-0.15, -0.1) is 0 Å². The first-order valence-corrected chi connectivity index (χ1v) is 9.88. The number of piperidine rings is 1. The zero-order chi connectivity index (χ0) is 19.1. The molecule has 0 aliphatic carbocycles. The molecule has 1 fully saturated rings. The summed E-state index contributed by atoms with van der Waals surface area (Å²) in [4.78, 5) is 13.8. The first-order valence-electron chi connectivity index (χ1n) is 9.88. The van der Waals surface area contributed by atoms with Gasteiger partial charge in [0.05, 0.1) is 12.5 Å². The molecule has 4 nitrogen and oxygen atoms in total. The molecular weight excluding hydrogens is 338 g/mol. The summed E-state index contributed by atoms with van der Waals surface area (Å²) >= 11 is 0. The Balaban J connectivity index is 1.79. The molecule has 27 heavy (non-hydrogen) atoms. The van der Waals surface area contributed by atoms with Crippen molar-refractivity contribution < 1.29 is 15.0 Å². The fourth-order valence-corrected chi connectivity index (χ4v) is 4.09. The molecule has 0 radical (unpaired) electrons. The van der Waals surface area contributed by atoms with Crippen LogP contribution in [0.25, 0.3) is 0 Å². The second-order valence-corrected chi connectivity index (χ2v) is 7.48. The fraction of sp³-hybridized carbons (Fsp3) is 0.435. The zero-order valence-corrected chi connectivity index (χ0v) is 15.8. The van der Waals surface area contributed by atoms with E-state index in [-0.39, 0.29) is 12.3 Å². The summed E-state index contributed by atoms with van der Waals surface area (Å²) in [6.45, 7) is 2.80. The van der Waals surface area contributed by atoms with E-state index in [1.807, 2.05) is 54.6 Å². The zero-order valence-electron chi connectivity index (χ0n) is 15.8. The molecular formula is C23H29NO3. The predicted octanol–water partition coefficient (Wildman–Crippen LogP) is 3.68. The maximum Gasteiger partial charge on any atom is 0.304 e. The van der Waals surface area contributed by atoms with Crippen LogP contribution in [0.3, 0.4) is 0 Å². The molecule has 1 aliphatic rings. The third-order valence-corrected chi connectivity index (χ3v) is 5.38. The normalized spacial score (nSPS) is 17.4. The van der Waals surface area contributed by atoms with Crippen LogP contribution in [0.4, 0.5) is 0 Å². The highest BCUT2D eigenvalue weighted by Gasteiger charge is 2.22. The molecule has 2 atom stereocenters. The Morgan fingerprint density at radius 2 is 1.63 bits per heavy atom. The van der Waals surface area contributed by atoms with E-state index >= 15 is 0 Å². The molecule has 1 heterocycles. The molecule has 2 aromatic carbocycles. The minimum atomic E-state index is -0.812. The van der Waals surface area contributed by atoms with Crippen LogP contribution in [-0.4, -0.2) is 46.8 Å². The first kappa shape index (κ1) is 19.6. The summed E-state index contributed by atoms with van der Waals surface area (Å²) in [6, 6.07) is 17.7. The number of aliphatic carboxylic acids is 1. The molecule has 0 bridgehead atoms. The fourth-order valence-electron chi connectivity index (χ4n) is 4.09. The number of hydrogen-bond acceptors (Lipinski definition) is 3. The second-order valence-electron chi connectivity index (χ2n) is 7.48. The molecule has 4 heteroatoms. The monoisotopic (exact) mass is 367 g/mol. The summed E-state index contributed by atoms with van der Waals surface area (Å²) in [5.41, 5.74) is 3.04. The van der Waals surface area contributed by atoms with Gasteiger partial charge in [-0.25, -0.2) is 0 Å². The standard InChI is InChI=1S/C23H29NO3/c25-20(17-24-13-7-2-8-14-24)15-19-11-5-6-12-21(19)22(16-23(26)27)18-9-3-1-4-10-18/h1,3-6,9-12,20,22,25H,2,7-8,13-17H2,(H,26,27). The van der Waals surface area contributed by atoms with Crippen LogP contribution in [0.2, 0.25) is 0 Å². The van der Waals surface area contributed by atoms with Gasteiger partial charge in [-0.1, -0.05) is 61.0 Å². The van der Waals surface area contributed by atoms with E-state index in [0.29, 0.717) is 13.0 Å². The van der Waals surface area contributed by atoms with Gasteiger partial charge in [-0.3, -0.25) is 4.79 Å². The van der Waals surface area contributed by atoms with Gasteiger partial charge >= 0.3 is 5.97 Å². The Labute approximate surface area is 161 Å². The van der Waals surface area contributed by atoms with Crippen LogP contribution in [0.5, 0.6) is 0 Å². The molecule has 144 valence electrons. The maximum absolute atomic E-state index is 11.5. The lowest BCUT2D eigenvalue weighted by Crippen LogP contribution is -2.37. The number of β-amino-alcohol motifs (C(OH)–C–C–N with tert-alkyl or cyclic N) is 1. The number of carboxylic acids is 1. The molecule has 3 rings (SSSR count). The number of hydrogen-bond donors (Lipinski definition) is 2. The second kappa shape index (κ2) is 9.67. The number of likely N-dealkylation sites (tertiary alicyclic amines) is 1. The van der Waals surface area contributed by atoms with Crippen molar-refractivity contribution in [2.45, 2.75) is 44.1 Å². The van der Waals surface area contributed by atoms with Gasteiger partial charge in [0.25, 0.3) is 0 Å². The van der Waals surface area contributed by atoms with Crippen LogP contribution in [0.1, 0.15) is 48.3 Å². The Hall–Kier alpha value is -2.17. The SMILES string of the molecule is O=C(O)CC(c1ccccc1)c1ccccc1CC(O)CN1CCCCC1. The minimum absolute atomic E-state index is 0.0449. The molecule has 2 unspecified atom stereocenters. The van der Waals surface area contributed by atoms with E-state index in [1.54, 1.807) is 0 Å². The highest BCUT2D eigenvalue weighted by atomic mass is 16.4. The van der Waals surface area contributed by atoms with Crippen molar-refractivity contribution in [2.75, 3.05) is 19.6 Å². The van der Waals surface area contributed by atoms with Crippen LogP contribution in [0, 0.1) is 0 Å². The van der Waals surface area contributed by atoms with Gasteiger partial charge in [0, 0.05) is 12.5 Å². The van der Waals surface area contributed by atoms with Crippen LogP contribution >= 0.6 is 0 Å². The lowest BCUT2D eigenvalue weighted by Gasteiger charge is -2.29. The molecule has 2 N–H and O–H groups in total. The van der Waals surface area contributed by atoms with E-state index in [0.717, 1.165) is 29.8 Å². The van der Waals surface area contributed by atoms with E-state index in [4.69, 9.17) is 0 Å². The predicted molar refractivity (Wildman–Crippen MR) is 107 cm³/mol. The average molecular weight is 367 g/mol. The van der Waals surface area contributed by atoms with Gasteiger partial charge in [0.1, 0.15) is 0 Å². The number of rotatable bonds is 8. The third kappa shape index (κ3) is 5.65. The molecule has 0 spiro atoms. The topological polar surface area (TPSA) is 60.8 Å².